The van der Waals surface area contributed by atoms with Gasteiger partial charge in [-0.25, -0.2) is 0 Å². The van der Waals surface area contributed by atoms with Gasteiger partial charge in [-0.3, -0.25) is 9.79 Å². The van der Waals surface area contributed by atoms with Crippen LogP contribution in [0.15, 0.2) is 89.9 Å². The topological polar surface area (TPSA) is 65.5 Å². The first-order valence-electron chi connectivity index (χ1n) is 10.1. The van der Waals surface area contributed by atoms with E-state index in [0.717, 1.165) is 18.1 Å². The Morgan fingerprint density at radius 1 is 0.839 bits per heavy atom. The van der Waals surface area contributed by atoms with Crippen molar-refractivity contribution in [2.75, 3.05) is 20.6 Å². The van der Waals surface area contributed by atoms with Crippen LogP contribution in [0.1, 0.15) is 33.0 Å². The molecule has 0 aromatic heterocycles. The van der Waals surface area contributed by atoms with Gasteiger partial charge in [0, 0.05) is 38.7 Å². The zero-order valence-electron chi connectivity index (χ0n) is 17.8. The molecule has 0 saturated heterocycles. The number of aliphatic imine (C=N–C) groups is 1. The molecule has 0 saturated carbocycles. The van der Waals surface area contributed by atoms with Crippen molar-refractivity contribution in [3.8, 4) is 0 Å². The summed E-state index contributed by atoms with van der Waals surface area (Å²) in [7, 11) is 3.40. The Morgan fingerprint density at radius 3 is 1.87 bits per heavy atom. The van der Waals surface area contributed by atoms with Gasteiger partial charge in [-0.05, 0) is 28.8 Å². The van der Waals surface area contributed by atoms with Crippen LogP contribution in [0, 0.1) is 0 Å². The van der Waals surface area contributed by atoms with Crippen LogP contribution in [-0.2, 0) is 6.54 Å². The van der Waals surface area contributed by atoms with Gasteiger partial charge in [0.05, 0.1) is 0 Å². The van der Waals surface area contributed by atoms with Gasteiger partial charge in [-0.1, -0.05) is 72.8 Å². The van der Waals surface area contributed by atoms with E-state index in [1.807, 2.05) is 36.4 Å². The van der Waals surface area contributed by atoms with Crippen molar-refractivity contribution in [2.45, 2.75) is 12.5 Å². The zero-order valence-corrected chi connectivity index (χ0v) is 20.2. The Hall–Kier alpha value is -2.87. The van der Waals surface area contributed by atoms with Crippen LogP contribution < -0.4 is 16.0 Å². The standard InChI is InChI=1S/C25H28N4O.HI/c1-26-24(30)22-15-13-19(14-16-22)17-28-25(27-2)29-18-23(20-9-5-3-6-10-20)21-11-7-4-8-12-21;/h3-16,23H,17-18H2,1-2H3,(H,26,30)(H2,27,28,29);1H. The van der Waals surface area contributed by atoms with Gasteiger partial charge in [-0.15, -0.1) is 24.0 Å². The number of carbonyl (C=O) groups excluding carboxylic acids is 1. The molecule has 31 heavy (non-hydrogen) atoms. The molecule has 162 valence electrons. The highest BCUT2D eigenvalue weighted by atomic mass is 127. The Labute approximate surface area is 201 Å². The number of benzene rings is 3. The molecule has 0 aliphatic rings. The number of halogens is 1. The number of amides is 1. The fourth-order valence-corrected chi connectivity index (χ4v) is 3.32. The molecule has 3 aromatic carbocycles. The maximum atomic E-state index is 11.7. The Balaban J connectivity index is 0.00000341. The molecule has 5 nitrogen and oxygen atoms in total. The summed E-state index contributed by atoms with van der Waals surface area (Å²) in [6.07, 6.45) is 0. The molecule has 0 fully saturated rings. The molecule has 6 heteroatoms. The molecule has 0 heterocycles. The predicted molar refractivity (Wildman–Crippen MR) is 138 cm³/mol. The lowest BCUT2D eigenvalue weighted by molar-refractivity contribution is 0.0963. The third-order valence-electron chi connectivity index (χ3n) is 5.00. The average Bonchev–Trinajstić information content (AvgIpc) is 2.82. The van der Waals surface area contributed by atoms with E-state index in [-0.39, 0.29) is 35.8 Å². The Kier molecular flexibility index (Phi) is 10.0. The number of hydrogen-bond acceptors (Lipinski definition) is 2. The van der Waals surface area contributed by atoms with E-state index in [2.05, 4.69) is 69.5 Å². The quantitative estimate of drug-likeness (QED) is 0.245. The molecule has 0 radical (unpaired) electrons. The fourth-order valence-electron chi connectivity index (χ4n) is 3.32. The summed E-state index contributed by atoms with van der Waals surface area (Å²) in [5, 5.41) is 9.43. The highest BCUT2D eigenvalue weighted by molar-refractivity contribution is 14.0. The van der Waals surface area contributed by atoms with E-state index in [0.29, 0.717) is 12.1 Å². The van der Waals surface area contributed by atoms with Gasteiger partial charge in [0.1, 0.15) is 0 Å². The maximum Gasteiger partial charge on any atom is 0.251 e. The third kappa shape index (κ3) is 7.10. The van der Waals surface area contributed by atoms with Crippen molar-refractivity contribution < 1.29 is 4.79 Å². The number of nitrogens with zero attached hydrogens (tertiary/aromatic N) is 1. The molecule has 0 bridgehead atoms. The first kappa shape index (κ1) is 24.4. The number of rotatable bonds is 7. The van der Waals surface area contributed by atoms with E-state index in [1.165, 1.54) is 11.1 Å². The highest BCUT2D eigenvalue weighted by Crippen LogP contribution is 2.23. The van der Waals surface area contributed by atoms with E-state index >= 15 is 0 Å². The van der Waals surface area contributed by atoms with Gasteiger partial charge in [-0.2, -0.15) is 0 Å². The largest absolute Gasteiger partial charge is 0.355 e. The molecule has 3 rings (SSSR count). The fraction of sp³-hybridized carbons (Fsp3) is 0.200. The monoisotopic (exact) mass is 528 g/mol. The third-order valence-corrected chi connectivity index (χ3v) is 5.00. The van der Waals surface area contributed by atoms with Crippen LogP contribution in [0.4, 0.5) is 0 Å². The van der Waals surface area contributed by atoms with Gasteiger partial charge in [0.25, 0.3) is 5.91 Å². The van der Waals surface area contributed by atoms with Crippen molar-refractivity contribution >= 4 is 35.8 Å². The molecular weight excluding hydrogens is 499 g/mol. The normalized spacial score (nSPS) is 10.9. The lowest BCUT2D eigenvalue weighted by Crippen LogP contribution is -2.39. The summed E-state index contributed by atoms with van der Waals surface area (Å²) in [4.78, 5) is 16.0. The van der Waals surface area contributed by atoms with Crippen molar-refractivity contribution in [3.63, 3.8) is 0 Å². The van der Waals surface area contributed by atoms with Crippen LogP contribution in [0.2, 0.25) is 0 Å². The van der Waals surface area contributed by atoms with E-state index in [4.69, 9.17) is 0 Å². The van der Waals surface area contributed by atoms with Gasteiger partial charge in [0.15, 0.2) is 5.96 Å². The number of nitrogens with one attached hydrogen (secondary N) is 3. The molecule has 0 atom stereocenters. The minimum atomic E-state index is -0.0835. The summed E-state index contributed by atoms with van der Waals surface area (Å²) >= 11 is 0. The van der Waals surface area contributed by atoms with Crippen LogP contribution in [0.3, 0.4) is 0 Å². The number of carbonyl (C=O) groups is 1. The summed E-state index contributed by atoms with van der Waals surface area (Å²) in [5.74, 6) is 0.875. The second-order valence-electron chi connectivity index (χ2n) is 6.96. The predicted octanol–water partition coefficient (Wildman–Crippen LogP) is 4.16. The van der Waals surface area contributed by atoms with Crippen molar-refractivity contribution in [1.29, 1.82) is 0 Å². The molecule has 0 aliphatic heterocycles. The smallest absolute Gasteiger partial charge is 0.251 e. The Morgan fingerprint density at radius 2 is 1.39 bits per heavy atom. The average molecular weight is 528 g/mol. The first-order chi connectivity index (χ1) is 14.7. The molecule has 0 aliphatic carbocycles. The van der Waals surface area contributed by atoms with E-state index < -0.39 is 0 Å². The maximum absolute atomic E-state index is 11.7. The molecular formula is C25H29IN4O. The van der Waals surface area contributed by atoms with Crippen molar-refractivity contribution in [2.24, 2.45) is 4.99 Å². The zero-order chi connectivity index (χ0) is 21.2. The van der Waals surface area contributed by atoms with Gasteiger partial charge >= 0.3 is 0 Å². The number of hydrogen-bond donors (Lipinski definition) is 3. The van der Waals surface area contributed by atoms with Crippen LogP contribution in [-0.4, -0.2) is 32.5 Å². The van der Waals surface area contributed by atoms with Gasteiger partial charge in [0.2, 0.25) is 0 Å². The summed E-state index contributed by atoms with van der Waals surface area (Å²) < 4.78 is 0. The minimum Gasteiger partial charge on any atom is -0.355 e. The summed E-state index contributed by atoms with van der Waals surface area (Å²) in [6, 6.07) is 28.5. The Bertz CT molecular complexity index is 920. The number of guanidine groups is 1. The molecule has 3 aromatic rings. The van der Waals surface area contributed by atoms with Gasteiger partial charge < -0.3 is 16.0 Å². The second-order valence-corrected chi connectivity index (χ2v) is 6.96. The van der Waals surface area contributed by atoms with Crippen molar-refractivity contribution in [1.82, 2.24) is 16.0 Å². The highest BCUT2D eigenvalue weighted by Gasteiger charge is 2.14. The minimum absolute atomic E-state index is 0. The molecule has 3 N–H and O–H groups in total. The lowest BCUT2D eigenvalue weighted by atomic mass is 9.91. The first-order valence-corrected chi connectivity index (χ1v) is 10.1. The molecule has 1 amide bonds. The summed E-state index contributed by atoms with van der Waals surface area (Å²) in [6.45, 7) is 1.35. The van der Waals surface area contributed by atoms with Crippen LogP contribution in [0.25, 0.3) is 0 Å². The van der Waals surface area contributed by atoms with E-state index in [9.17, 15) is 4.79 Å². The van der Waals surface area contributed by atoms with Crippen LogP contribution >= 0.6 is 24.0 Å². The summed E-state index contributed by atoms with van der Waals surface area (Å²) in [5.41, 5.74) is 4.25. The van der Waals surface area contributed by atoms with Crippen LogP contribution in [0.5, 0.6) is 0 Å². The second kappa shape index (κ2) is 12.7. The molecule has 0 unspecified atom stereocenters. The molecule has 0 spiro atoms. The van der Waals surface area contributed by atoms with E-state index in [1.54, 1.807) is 14.1 Å². The SMILES string of the molecule is CN=C(NCc1ccc(C(=O)NC)cc1)NCC(c1ccccc1)c1ccccc1.I. The van der Waals surface area contributed by atoms with Crippen molar-refractivity contribution in [3.05, 3.63) is 107 Å². The lowest BCUT2D eigenvalue weighted by Gasteiger charge is -2.20.